The molecule has 1 unspecified atom stereocenters. The first kappa shape index (κ1) is 13.6. The summed E-state index contributed by atoms with van der Waals surface area (Å²) in [5.41, 5.74) is 3.60. The lowest BCUT2D eigenvalue weighted by atomic mass is 9.91. The van der Waals surface area contributed by atoms with Crippen LogP contribution in [0.2, 0.25) is 0 Å². The van der Waals surface area contributed by atoms with Crippen LogP contribution in [0.25, 0.3) is 0 Å². The van der Waals surface area contributed by atoms with E-state index in [9.17, 15) is 4.79 Å². The van der Waals surface area contributed by atoms with Gasteiger partial charge in [0.25, 0.3) is 0 Å². The van der Waals surface area contributed by atoms with Gasteiger partial charge in [0.15, 0.2) is 0 Å². The molecule has 0 aliphatic heterocycles. The summed E-state index contributed by atoms with van der Waals surface area (Å²) in [7, 11) is 0. The topological polar surface area (TPSA) is 44.9 Å². The van der Waals surface area contributed by atoms with Crippen LogP contribution >= 0.6 is 15.9 Å². The van der Waals surface area contributed by atoms with Gasteiger partial charge in [-0.05, 0) is 42.5 Å². The summed E-state index contributed by atoms with van der Waals surface area (Å²) in [5.74, 6) is 0. The number of aromatic amines is 1. The van der Waals surface area contributed by atoms with Gasteiger partial charge in [0.1, 0.15) is 0 Å². The van der Waals surface area contributed by atoms with Gasteiger partial charge < -0.3 is 10.3 Å². The van der Waals surface area contributed by atoms with E-state index in [2.05, 4.69) is 50.5 Å². The van der Waals surface area contributed by atoms with Crippen LogP contribution < -0.4 is 10.9 Å². The monoisotopic (exact) mass is 332 g/mol. The Morgan fingerprint density at radius 3 is 2.80 bits per heavy atom. The molecule has 4 heteroatoms. The number of aromatic nitrogens is 1. The molecule has 0 saturated heterocycles. The Balaban J connectivity index is 1.73. The van der Waals surface area contributed by atoms with Crippen molar-refractivity contribution in [1.29, 1.82) is 0 Å². The lowest BCUT2D eigenvalue weighted by Crippen LogP contribution is -2.27. The first-order valence-corrected chi connectivity index (χ1v) is 7.71. The predicted molar refractivity (Wildman–Crippen MR) is 83.7 cm³/mol. The molecule has 104 valence electrons. The van der Waals surface area contributed by atoms with E-state index >= 15 is 0 Å². The molecule has 0 spiro atoms. The fourth-order valence-electron chi connectivity index (χ4n) is 2.76. The fourth-order valence-corrected chi connectivity index (χ4v) is 3.02. The molecule has 2 N–H and O–H groups in total. The summed E-state index contributed by atoms with van der Waals surface area (Å²) >= 11 is 3.45. The number of nitrogens with one attached hydrogen (secondary N) is 2. The number of hydrogen-bond acceptors (Lipinski definition) is 2. The van der Waals surface area contributed by atoms with Crippen LogP contribution in [0, 0.1) is 0 Å². The number of H-pyrrole nitrogens is 1. The highest BCUT2D eigenvalue weighted by Gasteiger charge is 2.20. The van der Waals surface area contributed by atoms with Gasteiger partial charge in [0.05, 0.1) is 0 Å². The molecule has 0 saturated carbocycles. The van der Waals surface area contributed by atoms with Crippen molar-refractivity contribution in [2.45, 2.75) is 31.8 Å². The highest BCUT2D eigenvalue weighted by molar-refractivity contribution is 9.10. The third-order valence-electron chi connectivity index (χ3n) is 3.80. The van der Waals surface area contributed by atoms with Gasteiger partial charge in [-0.2, -0.15) is 0 Å². The maximum Gasteiger partial charge on any atom is 0.248 e. The number of pyridine rings is 1. The second kappa shape index (κ2) is 5.94. The summed E-state index contributed by atoms with van der Waals surface area (Å²) in [6.45, 7) is 0.844. The standard InChI is InChI=1S/C16H17BrN2O/c17-12-6-4-11(5-7-12)10-18-14-2-1-3-15-13(14)8-9-16(20)19-15/h4-9,14,18H,1-3,10H2,(H,19,20). The van der Waals surface area contributed by atoms with Crippen LogP contribution in [0.4, 0.5) is 0 Å². The van der Waals surface area contributed by atoms with Gasteiger partial charge in [-0.25, -0.2) is 0 Å². The molecule has 0 amide bonds. The van der Waals surface area contributed by atoms with Crippen LogP contribution in [0.3, 0.4) is 0 Å². The van der Waals surface area contributed by atoms with Crippen molar-refractivity contribution in [3.8, 4) is 0 Å². The highest BCUT2D eigenvalue weighted by atomic mass is 79.9. The molecule has 1 aromatic carbocycles. The molecule has 0 radical (unpaired) electrons. The molecule has 3 nitrogen and oxygen atoms in total. The van der Waals surface area contributed by atoms with Gasteiger partial charge in [0, 0.05) is 28.8 Å². The number of benzene rings is 1. The Labute approximate surface area is 126 Å². The molecule has 1 atom stereocenters. The molecule has 1 aromatic heterocycles. The van der Waals surface area contributed by atoms with Gasteiger partial charge >= 0.3 is 0 Å². The highest BCUT2D eigenvalue weighted by Crippen LogP contribution is 2.27. The minimum atomic E-state index is -0.00249. The first-order chi connectivity index (χ1) is 9.72. The second-order valence-electron chi connectivity index (χ2n) is 5.21. The van der Waals surface area contributed by atoms with Crippen LogP contribution in [0.15, 0.2) is 45.7 Å². The van der Waals surface area contributed by atoms with Crippen molar-refractivity contribution < 1.29 is 0 Å². The van der Waals surface area contributed by atoms with E-state index in [1.807, 2.05) is 6.07 Å². The third-order valence-corrected chi connectivity index (χ3v) is 4.33. The Bertz CT molecular complexity index is 648. The number of fused-ring (bicyclic) bond motifs is 1. The van der Waals surface area contributed by atoms with Crippen molar-refractivity contribution in [1.82, 2.24) is 10.3 Å². The summed E-state index contributed by atoms with van der Waals surface area (Å²) in [6, 6.07) is 12.3. The first-order valence-electron chi connectivity index (χ1n) is 6.92. The maximum atomic E-state index is 11.4. The lowest BCUT2D eigenvalue weighted by Gasteiger charge is -2.26. The summed E-state index contributed by atoms with van der Waals surface area (Å²) < 4.78 is 1.10. The zero-order valence-electron chi connectivity index (χ0n) is 11.2. The average molecular weight is 333 g/mol. The number of aryl methyl sites for hydroxylation is 1. The van der Waals surface area contributed by atoms with E-state index in [1.165, 1.54) is 11.1 Å². The molecule has 2 aromatic rings. The molecular formula is C16H17BrN2O. The fraction of sp³-hybridized carbons (Fsp3) is 0.312. The Kier molecular flexibility index (Phi) is 4.03. The molecule has 20 heavy (non-hydrogen) atoms. The molecule has 3 rings (SSSR count). The van der Waals surface area contributed by atoms with Crippen molar-refractivity contribution in [2.24, 2.45) is 0 Å². The zero-order valence-corrected chi connectivity index (χ0v) is 12.7. The van der Waals surface area contributed by atoms with Crippen LogP contribution in [0.1, 0.15) is 35.7 Å². The predicted octanol–water partition coefficient (Wildman–Crippen LogP) is 3.30. The molecule has 0 fully saturated rings. The Morgan fingerprint density at radius 2 is 2.00 bits per heavy atom. The second-order valence-corrected chi connectivity index (χ2v) is 6.12. The van der Waals surface area contributed by atoms with Crippen molar-refractivity contribution in [3.63, 3.8) is 0 Å². The number of rotatable bonds is 3. The molecule has 1 aliphatic rings. The van der Waals surface area contributed by atoms with E-state index in [0.717, 1.165) is 36.0 Å². The zero-order chi connectivity index (χ0) is 13.9. The van der Waals surface area contributed by atoms with Gasteiger partial charge in [0.2, 0.25) is 5.56 Å². The van der Waals surface area contributed by atoms with Crippen LogP contribution in [0.5, 0.6) is 0 Å². The van der Waals surface area contributed by atoms with E-state index in [4.69, 9.17) is 0 Å². The summed E-state index contributed by atoms with van der Waals surface area (Å²) in [5, 5.41) is 3.60. The maximum absolute atomic E-state index is 11.4. The molecule has 1 heterocycles. The Hall–Kier alpha value is -1.39. The van der Waals surface area contributed by atoms with E-state index in [1.54, 1.807) is 6.07 Å². The van der Waals surface area contributed by atoms with Crippen LogP contribution in [-0.4, -0.2) is 4.98 Å². The van der Waals surface area contributed by atoms with Gasteiger partial charge in [-0.3, -0.25) is 4.79 Å². The smallest absolute Gasteiger partial charge is 0.248 e. The lowest BCUT2D eigenvalue weighted by molar-refractivity contribution is 0.453. The number of hydrogen-bond donors (Lipinski definition) is 2. The summed E-state index contributed by atoms with van der Waals surface area (Å²) in [4.78, 5) is 14.3. The van der Waals surface area contributed by atoms with E-state index < -0.39 is 0 Å². The third kappa shape index (κ3) is 3.02. The molecular weight excluding hydrogens is 316 g/mol. The van der Waals surface area contributed by atoms with Gasteiger partial charge in [-0.1, -0.05) is 34.1 Å². The van der Waals surface area contributed by atoms with Gasteiger partial charge in [-0.15, -0.1) is 0 Å². The normalized spacial score (nSPS) is 17.8. The Morgan fingerprint density at radius 1 is 1.20 bits per heavy atom. The van der Waals surface area contributed by atoms with Crippen molar-refractivity contribution in [3.05, 3.63) is 68.0 Å². The quantitative estimate of drug-likeness (QED) is 0.905. The molecule has 0 bridgehead atoms. The molecule has 1 aliphatic carbocycles. The van der Waals surface area contributed by atoms with E-state index in [0.29, 0.717) is 6.04 Å². The van der Waals surface area contributed by atoms with Crippen molar-refractivity contribution >= 4 is 15.9 Å². The minimum Gasteiger partial charge on any atom is -0.326 e. The average Bonchev–Trinajstić information content (AvgIpc) is 2.46. The number of halogens is 1. The van der Waals surface area contributed by atoms with Crippen LogP contribution in [-0.2, 0) is 13.0 Å². The van der Waals surface area contributed by atoms with Crippen molar-refractivity contribution in [2.75, 3.05) is 0 Å². The minimum absolute atomic E-state index is 0.00249. The SMILES string of the molecule is O=c1ccc2c([nH]1)CCCC2NCc1ccc(Br)cc1. The summed E-state index contributed by atoms with van der Waals surface area (Å²) in [6.07, 6.45) is 3.21. The van der Waals surface area contributed by atoms with E-state index in [-0.39, 0.29) is 5.56 Å². The largest absolute Gasteiger partial charge is 0.326 e.